The van der Waals surface area contributed by atoms with E-state index in [9.17, 15) is 9.59 Å². The van der Waals surface area contributed by atoms with Gasteiger partial charge in [0.1, 0.15) is 5.75 Å². The monoisotopic (exact) mass is 482 g/mol. The number of rotatable bonds is 5. The average molecular weight is 483 g/mol. The first-order valence-electron chi connectivity index (χ1n) is 11.0. The fourth-order valence-corrected chi connectivity index (χ4v) is 5.09. The van der Waals surface area contributed by atoms with Crippen LogP contribution in [-0.2, 0) is 4.79 Å². The molecule has 174 valence electrons. The molecule has 1 unspecified atom stereocenters. The predicted molar refractivity (Wildman–Crippen MR) is 136 cm³/mol. The number of carbonyl (C=O) groups excluding carboxylic acids is 1. The summed E-state index contributed by atoms with van der Waals surface area (Å²) in [5, 5.41) is 2.95. The number of aromatic nitrogens is 2. The van der Waals surface area contributed by atoms with Crippen LogP contribution in [-0.4, -0.2) is 22.6 Å². The molecular formula is C27H22N4O3S. The van der Waals surface area contributed by atoms with Gasteiger partial charge in [0, 0.05) is 18.1 Å². The summed E-state index contributed by atoms with van der Waals surface area (Å²) in [5.41, 5.74) is 3.04. The zero-order valence-corrected chi connectivity index (χ0v) is 20.0. The van der Waals surface area contributed by atoms with E-state index < -0.39 is 6.04 Å². The lowest BCUT2D eigenvalue weighted by atomic mass is 9.95. The summed E-state index contributed by atoms with van der Waals surface area (Å²) in [7, 11) is 1.60. The fourth-order valence-electron chi connectivity index (χ4n) is 4.05. The Morgan fingerprint density at radius 3 is 2.54 bits per heavy atom. The van der Waals surface area contributed by atoms with Crippen LogP contribution in [0.2, 0.25) is 0 Å². The molecule has 0 aliphatic carbocycles. The third kappa shape index (κ3) is 4.43. The molecule has 5 rings (SSSR count). The Kier molecular flexibility index (Phi) is 6.12. The van der Waals surface area contributed by atoms with Crippen LogP contribution in [0.5, 0.6) is 5.75 Å². The number of hydrogen-bond donors (Lipinski definition) is 1. The van der Waals surface area contributed by atoms with Crippen molar-refractivity contribution in [3.8, 4) is 5.75 Å². The molecule has 0 bridgehead atoms. The Morgan fingerprint density at radius 1 is 1.09 bits per heavy atom. The number of anilines is 1. The average Bonchev–Trinajstić information content (AvgIpc) is 3.18. The first-order chi connectivity index (χ1) is 17.0. The van der Waals surface area contributed by atoms with E-state index >= 15 is 0 Å². The molecule has 0 fully saturated rings. The number of pyridine rings is 1. The number of nitrogens with one attached hydrogen (secondary N) is 1. The summed E-state index contributed by atoms with van der Waals surface area (Å²) in [4.78, 5) is 36.5. The van der Waals surface area contributed by atoms with E-state index in [2.05, 4.69) is 15.3 Å². The van der Waals surface area contributed by atoms with E-state index in [-0.39, 0.29) is 11.5 Å². The van der Waals surface area contributed by atoms with Gasteiger partial charge in [-0.25, -0.2) is 4.99 Å². The largest absolute Gasteiger partial charge is 0.497 e. The zero-order chi connectivity index (χ0) is 24.4. The van der Waals surface area contributed by atoms with Crippen molar-refractivity contribution < 1.29 is 9.53 Å². The summed E-state index contributed by atoms with van der Waals surface area (Å²) >= 11 is 1.29. The molecule has 0 spiro atoms. The number of allylic oxidation sites excluding steroid dienone is 1. The molecule has 3 heterocycles. The topological polar surface area (TPSA) is 85.6 Å². The third-order valence-electron chi connectivity index (χ3n) is 5.71. The number of ether oxygens (including phenoxy) is 1. The second-order valence-electron chi connectivity index (χ2n) is 7.96. The molecule has 1 aliphatic heterocycles. The Morgan fingerprint density at radius 2 is 1.86 bits per heavy atom. The number of benzene rings is 2. The number of nitrogens with zero attached hydrogens (tertiary/aromatic N) is 3. The molecule has 1 atom stereocenters. The normalized spacial score (nSPS) is 15.4. The summed E-state index contributed by atoms with van der Waals surface area (Å²) < 4.78 is 7.43. The first-order valence-corrected chi connectivity index (χ1v) is 11.8. The van der Waals surface area contributed by atoms with Gasteiger partial charge in [0.05, 0.1) is 29.0 Å². The van der Waals surface area contributed by atoms with Gasteiger partial charge in [-0.15, -0.1) is 0 Å². The lowest BCUT2D eigenvalue weighted by molar-refractivity contribution is -0.113. The number of para-hydroxylation sites is 1. The first kappa shape index (κ1) is 22.5. The molecule has 7 nitrogen and oxygen atoms in total. The number of methoxy groups -OCH3 is 1. The van der Waals surface area contributed by atoms with Crippen LogP contribution < -0.4 is 24.9 Å². The molecule has 2 aromatic heterocycles. The van der Waals surface area contributed by atoms with Gasteiger partial charge >= 0.3 is 0 Å². The van der Waals surface area contributed by atoms with Gasteiger partial charge in [-0.1, -0.05) is 47.7 Å². The van der Waals surface area contributed by atoms with Crippen molar-refractivity contribution in [1.29, 1.82) is 0 Å². The van der Waals surface area contributed by atoms with Crippen LogP contribution in [0.15, 0.2) is 100 Å². The van der Waals surface area contributed by atoms with E-state index in [0.717, 1.165) is 11.1 Å². The molecule has 2 aromatic carbocycles. The zero-order valence-electron chi connectivity index (χ0n) is 19.1. The van der Waals surface area contributed by atoms with Gasteiger partial charge in [0.15, 0.2) is 4.80 Å². The van der Waals surface area contributed by atoms with E-state index in [0.29, 0.717) is 32.0 Å². The second-order valence-corrected chi connectivity index (χ2v) is 8.97. The summed E-state index contributed by atoms with van der Waals surface area (Å²) in [5.74, 6) is 0.383. The second kappa shape index (κ2) is 9.52. The lowest BCUT2D eigenvalue weighted by Crippen LogP contribution is -2.40. The molecular weight excluding hydrogens is 460 g/mol. The van der Waals surface area contributed by atoms with Crippen molar-refractivity contribution in [3.05, 3.63) is 121 Å². The number of hydrogen-bond acceptors (Lipinski definition) is 6. The smallest absolute Gasteiger partial charge is 0.271 e. The molecule has 35 heavy (non-hydrogen) atoms. The third-order valence-corrected chi connectivity index (χ3v) is 6.69. The Balaban J connectivity index is 1.67. The van der Waals surface area contributed by atoms with Crippen molar-refractivity contribution in [2.24, 2.45) is 4.99 Å². The highest BCUT2D eigenvalue weighted by atomic mass is 32.1. The van der Waals surface area contributed by atoms with Crippen molar-refractivity contribution in [3.63, 3.8) is 0 Å². The minimum atomic E-state index is -0.642. The SMILES string of the molecule is COc1ccc(C2C(C(=O)Nc3ccccc3)=C(C)N=c3s/c(=C/c4cccnc4)c(=O)n32)cc1. The van der Waals surface area contributed by atoms with E-state index in [1.807, 2.05) is 66.7 Å². The summed E-state index contributed by atoms with van der Waals surface area (Å²) in [6, 6.07) is 19.7. The number of amides is 1. The van der Waals surface area contributed by atoms with Crippen molar-refractivity contribution in [1.82, 2.24) is 9.55 Å². The fraction of sp³-hybridized carbons (Fsp3) is 0.111. The number of thiazole rings is 1. The number of carbonyl (C=O) groups is 1. The van der Waals surface area contributed by atoms with Crippen LogP contribution in [0.3, 0.4) is 0 Å². The summed E-state index contributed by atoms with van der Waals surface area (Å²) in [6.45, 7) is 1.80. The molecule has 8 heteroatoms. The van der Waals surface area contributed by atoms with Crippen LogP contribution in [0.25, 0.3) is 6.08 Å². The molecule has 1 aliphatic rings. The van der Waals surface area contributed by atoms with E-state index in [1.165, 1.54) is 11.3 Å². The quantitative estimate of drug-likeness (QED) is 0.473. The highest BCUT2D eigenvalue weighted by Gasteiger charge is 2.32. The maximum atomic E-state index is 13.6. The van der Waals surface area contributed by atoms with Gasteiger partial charge in [-0.2, -0.15) is 0 Å². The van der Waals surface area contributed by atoms with Crippen molar-refractivity contribution in [2.75, 3.05) is 12.4 Å². The Bertz CT molecular complexity index is 1590. The lowest BCUT2D eigenvalue weighted by Gasteiger charge is -2.25. The van der Waals surface area contributed by atoms with Crippen LogP contribution >= 0.6 is 11.3 Å². The molecule has 0 saturated carbocycles. The predicted octanol–water partition coefficient (Wildman–Crippen LogP) is 3.28. The molecule has 0 saturated heterocycles. The molecule has 1 N–H and O–H groups in total. The molecule has 4 aromatic rings. The van der Waals surface area contributed by atoms with E-state index in [4.69, 9.17) is 4.74 Å². The van der Waals surface area contributed by atoms with Crippen LogP contribution in [0, 0.1) is 0 Å². The standard InChI is InChI=1S/C27H22N4O3S/c1-17-23(25(32)30-20-8-4-3-5-9-20)24(19-10-12-21(34-2)13-11-19)31-26(33)22(35-27(31)29-17)15-18-7-6-14-28-16-18/h3-16,24H,1-2H3,(H,30,32)/b22-15+. The van der Waals surface area contributed by atoms with Gasteiger partial charge < -0.3 is 10.1 Å². The highest BCUT2D eigenvalue weighted by Crippen LogP contribution is 2.31. The van der Waals surface area contributed by atoms with Gasteiger partial charge in [-0.05, 0) is 54.5 Å². The van der Waals surface area contributed by atoms with Gasteiger partial charge in [0.2, 0.25) is 0 Å². The Hall–Kier alpha value is -4.30. The van der Waals surface area contributed by atoms with Crippen LogP contribution in [0.4, 0.5) is 5.69 Å². The molecule has 0 radical (unpaired) electrons. The minimum absolute atomic E-state index is 0.212. The van der Waals surface area contributed by atoms with Gasteiger partial charge in [0.25, 0.3) is 11.5 Å². The minimum Gasteiger partial charge on any atom is -0.497 e. The maximum Gasteiger partial charge on any atom is 0.271 e. The highest BCUT2D eigenvalue weighted by molar-refractivity contribution is 7.07. The Labute approximate surface area is 205 Å². The number of fused-ring (bicyclic) bond motifs is 1. The van der Waals surface area contributed by atoms with Crippen molar-refractivity contribution in [2.45, 2.75) is 13.0 Å². The van der Waals surface area contributed by atoms with Gasteiger partial charge in [-0.3, -0.25) is 19.1 Å². The van der Waals surface area contributed by atoms with E-state index in [1.54, 1.807) is 37.1 Å². The van der Waals surface area contributed by atoms with Crippen molar-refractivity contribution >= 4 is 29.0 Å². The summed E-state index contributed by atoms with van der Waals surface area (Å²) in [6.07, 6.45) is 5.18. The molecule has 1 amide bonds. The van der Waals surface area contributed by atoms with Crippen LogP contribution in [0.1, 0.15) is 24.1 Å². The maximum absolute atomic E-state index is 13.6.